The molecule has 0 saturated heterocycles. The molecule has 39 heavy (non-hydrogen) atoms. The van der Waals surface area contributed by atoms with Crippen molar-refractivity contribution in [2.45, 2.75) is 51.4 Å². The summed E-state index contributed by atoms with van der Waals surface area (Å²) >= 11 is 0. The van der Waals surface area contributed by atoms with Crippen LogP contribution in [0.5, 0.6) is 11.5 Å². The van der Waals surface area contributed by atoms with E-state index >= 15 is 8.78 Å². The van der Waals surface area contributed by atoms with E-state index in [-0.39, 0.29) is 30.9 Å². The number of alkyl halides is 2. The highest BCUT2D eigenvalue weighted by molar-refractivity contribution is 5.92. The number of benzene rings is 1. The summed E-state index contributed by atoms with van der Waals surface area (Å²) < 4.78 is 39.9. The molecule has 212 valence electrons. The Labute approximate surface area is 222 Å². The van der Waals surface area contributed by atoms with Crippen molar-refractivity contribution in [2.75, 3.05) is 13.2 Å². The highest BCUT2D eigenvalue weighted by atomic mass is 19.3. The molecule has 0 saturated carbocycles. The van der Waals surface area contributed by atoms with E-state index in [4.69, 9.17) is 9.84 Å². The molecule has 1 aliphatic rings. The second kappa shape index (κ2) is 13.5. The van der Waals surface area contributed by atoms with E-state index in [1.54, 1.807) is 13.0 Å². The number of halogens is 2. The topological polar surface area (TPSA) is 162 Å². The maximum absolute atomic E-state index is 15.1. The number of aliphatic carboxylic acids is 1. The SMILES string of the molecule is C=C(C)[C@@H]1CCC(C)=C[C@H]1c1c(O)cc(C(F)(F)C(=O)OCCCCO[N+](=O)[O-])cc1OC(=O)/C=C/C(=O)O. The number of hydrogen-bond donors (Lipinski definition) is 2. The lowest BCUT2D eigenvalue weighted by atomic mass is 9.73. The highest BCUT2D eigenvalue weighted by Crippen LogP contribution is 2.48. The van der Waals surface area contributed by atoms with Gasteiger partial charge in [-0.2, -0.15) is 8.78 Å². The standard InChI is InChI=1S/C26H29F2NO10/c1-15(2)18-7-6-16(3)12-19(18)24-20(30)13-17(14-21(24)39-23(33)9-8-22(31)32)26(27,28)25(34)37-10-4-5-11-38-29(35)36/h8-9,12-14,18-19,30H,1,4-7,10-11H2,2-3H3,(H,31,32)/b9-8+/t18-,19+/m0/s1. The van der Waals surface area contributed by atoms with Gasteiger partial charge in [-0.25, -0.2) is 14.4 Å². The van der Waals surface area contributed by atoms with Crippen LogP contribution in [0.15, 0.2) is 48.1 Å². The number of carboxylic acids is 1. The zero-order chi connectivity index (χ0) is 29.3. The number of unbranched alkanes of at least 4 members (excludes halogenated alkanes) is 1. The van der Waals surface area contributed by atoms with Gasteiger partial charge in [-0.05, 0) is 57.6 Å². The largest absolute Gasteiger partial charge is 0.507 e. The van der Waals surface area contributed by atoms with Crippen molar-refractivity contribution >= 4 is 17.9 Å². The van der Waals surface area contributed by atoms with Crippen molar-refractivity contribution < 1.29 is 52.8 Å². The number of carboxylic acid groups (broad SMARTS) is 1. The van der Waals surface area contributed by atoms with Gasteiger partial charge >= 0.3 is 23.8 Å². The molecule has 0 aliphatic heterocycles. The van der Waals surface area contributed by atoms with Crippen LogP contribution in [0.3, 0.4) is 0 Å². The van der Waals surface area contributed by atoms with E-state index < -0.39 is 58.5 Å². The molecular weight excluding hydrogens is 524 g/mol. The molecule has 0 unspecified atom stereocenters. The van der Waals surface area contributed by atoms with E-state index in [0.717, 1.165) is 23.6 Å². The van der Waals surface area contributed by atoms with Crippen LogP contribution in [0.4, 0.5) is 8.78 Å². The van der Waals surface area contributed by atoms with Gasteiger partial charge in [0.1, 0.15) is 11.5 Å². The predicted molar refractivity (Wildman–Crippen MR) is 132 cm³/mol. The number of carbonyl (C=O) groups excluding carboxylic acids is 2. The average Bonchev–Trinajstić information content (AvgIpc) is 2.84. The van der Waals surface area contributed by atoms with Crippen molar-refractivity contribution in [3.63, 3.8) is 0 Å². The number of allylic oxidation sites excluding steroid dienone is 3. The predicted octanol–water partition coefficient (Wildman–Crippen LogP) is 4.58. The summed E-state index contributed by atoms with van der Waals surface area (Å²) in [5.74, 6) is -10.9. The molecule has 1 aromatic carbocycles. The minimum Gasteiger partial charge on any atom is -0.507 e. The monoisotopic (exact) mass is 553 g/mol. The number of aromatic hydroxyl groups is 1. The van der Waals surface area contributed by atoms with Crippen molar-refractivity contribution in [3.8, 4) is 11.5 Å². The van der Waals surface area contributed by atoms with E-state index in [1.807, 2.05) is 6.92 Å². The number of carbonyl (C=O) groups is 3. The Bertz CT molecular complexity index is 1190. The van der Waals surface area contributed by atoms with Gasteiger partial charge in [0.15, 0.2) is 0 Å². The van der Waals surface area contributed by atoms with Crippen LogP contribution in [0.25, 0.3) is 0 Å². The Morgan fingerprint density at radius 3 is 2.51 bits per heavy atom. The number of phenols is 1. The van der Waals surface area contributed by atoms with Crippen LogP contribution < -0.4 is 4.74 Å². The molecule has 0 fully saturated rings. The maximum Gasteiger partial charge on any atom is 0.381 e. The van der Waals surface area contributed by atoms with Crippen molar-refractivity contribution in [3.05, 3.63) is 69.3 Å². The first-order valence-electron chi connectivity index (χ1n) is 11.9. The Morgan fingerprint density at radius 2 is 1.90 bits per heavy atom. The third kappa shape index (κ3) is 8.62. The lowest BCUT2D eigenvalue weighted by Gasteiger charge is -2.32. The molecule has 0 amide bonds. The Balaban J connectivity index is 2.43. The summed E-state index contributed by atoms with van der Waals surface area (Å²) in [4.78, 5) is 49.5. The number of esters is 2. The Morgan fingerprint density at radius 1 is 1.23 bits per heavy atom. The molecule has 1 aromatic rings. The molecule has 0 heterocycles. The quantitative estimate of drug-likeness (QED) is 0.0672. The number of nitrogens with zero attached hydrogens (tertiary/aromatic N) is 1. The van der Waals surface area contributed by atoms with Crippen molar-refractivity contribution in [1.82, 2.24) is 0 Å². The van der Waals surface area contributed by atoms with Gasteiger partial charge in [-0.1, -0.05) is 23.8 Å². The van der Waals surface area contributed by atoms with Gasteiger partial charge in [0.2, 0.25) is 0 Å². The lowest BCUT2D eigenvalue weighted by molar-refractivity contribution is -0.757. The molecule has 1 aliphatic carbocycles. The van der Waals surface area contributed by atoms with Crippen LogP contribution in [0.2, 0.25) is 0 Å². The van der Waals surface area contributed by atoms with Crippen molar-refractivity contribution in [2.24, 2.45) is 5.92 Å². The van der Waals surface area contributed by atoms with Crippen LogP contribution in [-0.4, -0.2) is 46.4 Å². The normalized spacial score (nSPS) is 17.3. The van der Waals surface area contributed by atoms with Crippen LogP contribution in [0.1, 0.15) is 56.6 Å². The van der Waals surface area contributed by atoms with Gasteiger partial charge < -0.3 is 24.5 Å². The first-order valence-corrected chi connectivity index (χ1v) is 11.9. The smallest absolute Gasteiger partial charge is 0.381 e. The lowest BCUT2D eigenvalue weighted by Crippen LogP contribution is -2.29. The minimum atomic E-state index is -4.28. The minimum absolute atomic E-state index is 0.00201. The van der Waals surface area contributed by atoms with Gasteiger partial charge in [-0.15, -0.1) is 10.1 Å². The summed E-state index contributed by atoms with van der Waals surface area (Å²) in [5, 5.41) is 28.8. The maximum atomic E-state index is 15.1. The van der Waals surface area contributed by atoms with Gasteiger partial charge in [-0.3, -0.25) is 0 Å². The number of hydrogen-bond acceptors (Lipinski definition) is 9. The number of rotatable bonds is 13. The summed E-state index contributed by atoms with van der Waals surface area (Å²) in [6.07, 6.45) is 4.30. The molecule has 11 nitrogen and oxygen atoms in total. The summed E-state index contributed by atoms with van der Waals surface area (Å²) in [5.41, 5.74) is 0.658. The molecule has 0 radical (unpaired) electrons. The van der Waals surface area contributed by atoms with E-state index in [9.17, 15) is 29.6 Å². The molecule has 2 N–H and O–H groups in total. The summed E-state index contributed by atoms with van der Waals surface area (Å²) in [6, 6.07) is 1.40. The fourth-order valence-corrected chi connectivity index (χ4v) is 4.12. The van der Waals surface area contributed by atoms with E-state index in [1.165, 1.54) is 0 Å². The zero-order valence-corrected chi connectivity index (χ0v) is 21.4. The molecule has 0 bridgehead atoms. The van der Waals surface area contributed by atoms with Gasteiger partial charge in [0.05, 0.1) is 13.2 Å². The second-order valence-electron chi connectivity index (χ2n) is 9.00. The fraction of sp³-hybridized carbons (Fsp3) is 0.423. The number of ether oxygens (including phenoxy) is 2. The van der Waals surface area contributed by atoms with Gasteiger partial charge in [0.25, 0.3) is 5.09 Å². The molecule has 2 rings (SSSR count). The van der Waals surface area contributed by atoms with Crippen LogP contribution >= 0.6 is 0 Å². The number of phenolic OH excluding ortho intramolecular Hbond substituents is 1. The van der Waals surface area contributed by atoms with E-state index in [0.29, 0.717) is 24.6 Å². The zero-order valence-electron chi connectivity index (χ0n) is 21.4. The Hall–Kier alpha value is -4.29. The third-order valence-electron chi connectivity index (χ3n) is 5.99. The molecule has 2 atom stereocenters. The third-order valence-corrected chi connectivity index (χ3v) is 5.99. The average molecular weight is 554 g/mol. The molecule has 0 spiro atoms. The summed E-state index contributed by atoms with van der Waals surface area (Å²) in [6.45, 7) is 6.80. The van der Waals surface area contributed by atoms with Crippen LogP contribution in [0, 0.1) is 16.0 Å². The van der Waals surface area contributed by atoms with E-state index in [2.05, 4.69) is 16.2 Å². The van der Waals surface area contributed by atoms with Crippen molar-refractivity contribution in [1.29, 1.82) is 0 Å². The Kier molecular flexibility index (Phi) is 10.7. The van der Waals surface area contributed by atoms with Gasteiger partial charge in [0, 0.05) is 29.2 Å². The molecular formula is C26H29F2NO10. The van der Waals surface area contributed by atoms with Crippen LogP contribution in [-0.2, 0) is 29.9 Å². The molecule has 13 heteroatoms. The highest BCUT2D eigenvalue weighted by Gasteiger charge is 2.44. The second-order valence-corrected chi connectivity index (χ2v) is 9.00. The first-order chi connectivity index (χ1) is 18.2. The first kappa shape index (κ1) is 30.9. The summed E-state index contributed by atoms with van der Waals surface area (Å²) in [7, 11) is 0. The molecule has 0 aromatic heterocycles. The fourth-order valence-electron chi connectivity index (χ4n) is 4.12.